The molecule has 1 heterocycles. The van der Waals surface area contributed by atoms with E-state index in [0.29, 0.717) is 5.92 Å². The molecule has 0 amide bonds. The second-order valence-electron chi connectivity index (χ2n) is 5.52. The number of rotatable bonds is 8. The van der Waals surface area contributed by atoms with Crippen molar-refractivity contribution in [1.82, 2.24) is 15.1 Å². The van der Waals surface area contributed by atoms with Crippen molar-refractivity contribution >= 4 is 15.9 Å². The monoisotopic (exact) mass is 349 g/mol. The predicted octanol–water partition coefficient (Wildman–Crippen LogP) is 3.90. The summed E-state index contributed by atoms with van der Waals surface area (Å²) in [6.07, 6.45) is 7.46. The lowest BCUT2D eigenvalue weighted by atomic mass is 9.93. The molecule has 1 aromatic carbocycles. The normalized spacial score (nSPS) is 12.5. The molecule has 0 bridgehead atoms. The quantitative estimate of drug-likeness (QED) is 0.732. The van der Waals surface area contributed by atoms with Gasteiger partial charge in [0, 0.05) is 24.3 Å². The molecule has 0 fully saturated rings. The van der Waals surface area contributed by atoms with Crippen LogP contribution in [0.3, 0.4) is 0 Å². The van der Waals surface area contributed by atoms with Gasteiger partial charge in [-0.15, -0.1) is 0 Å². The van der Waals surface area contributed by atoms with E-state index in [1.165, 1.54) is 17.5 Å². The Kier molecular flexibility index (Phi) is 6.46. The van der Waals surface area contributed by atoms with Gasteiger partial charge in [0.2, 0.25) is 0 Å². The summed E-state index contributed by atoms with van der Waals surface area (Å²) in [5.41, 5.74) is 2.71. The van der Waals surface area contributed by atoms with Crippen LogP contribution < -0.4 is 5.32 Å². The number of nitrogens with zero attached hydrogens (tertiary/aromatic N) is 2. The van der Waals surface area contributed by atoms with Gasteiger partial charge in [0.15, 0.2) is 0 Å². The van der Waals surface area contributed by atoms with Crippen molar-refractivity contribution in [2.24, 2.45) is 7.05 Å². The summed E-state index contributed by atoms with van der Waals surface area (Å²) in [5, 5.41) is 7.81. The van der Waals surface area contributed by atoms with Crippen LogP contribution >= 0.6 is 15.9 Å². The van der Waals surface area contributed by atoms with Gasteiger partial charge >= 0.3 is 0 Å². The van der Waals surface area contributed by atoms with Crippen LogP contribution in [-0.2, 0) is 13.5 Å². The van der Waals surface area contributed by atoms with E-state index < -0.39 is 0 Å². The minimum atomic E-state index is 0.536. The summed E-state index contributed by atoms with van der Waals surface area (Å²) in [5.74, 6) is 0.536. The lowest BCUT2D eigenvalue weighted by molar-refractivity contribution is 0.548. The van der Waals surface area contributed by atoms with E-state index in [0.717, 1.165) is 30.4 Å². The maximum absolute atomic E-state index is 4.25. The van der Waals surface area contributed by atoms with Crippen molar-refractivity contribution in [3.63, 3.8) is 0 Å². The van der Waals surface area contributed by atoms with Gasteiger partial charge in [0.05, 0.1) is 6.20 Å². The lowest BCUT2D eigenvalue weighted by Crippen LogP contribution is -2.22. The first-order valence-corrected chi connectivity index (χ1v) is 8.42. The minimum absolute atomic E-state index is 0.536. The highest BCUT2D eigenvalue weighted by Gasteiger charge is 2.12. The van der Waals surface area contributed by atoms with E-state index in [1.807, 2.05) is 17.9 Å². The largest absolute Gasteiger partial charge is 0.316 e. The van der Waals surface area contributed by atoms with Crippen LogP contribution in [0.15, 0.2) is 41.1 Å². The van der Waals surface area contributed by atoms with E-state index in [9.17, 15) is 0 Å². The van der Waals surface area contributed by atoms with Crippen LogP contribution in [0.4, 0.5) is 0 Å². The zero-order chi connectivity index (χ0) is 15.1. The fourth-order valence-corrected chi connectivity index (χ4v) is 2.96. The molecule has 0 aliphatic heterocycles. The van der Waals surface area contributed by atoms with Gasteiger partial charge in [-0.05, 0) is 55.0 Å². The molecular weight excluding hydrogens is 326 g/mol. The molecule has 2 aromatic rings. The summed E-state index contributed by atoms with van der Waals surface area (Å²) in [7, 11) is 1.97. The molecule has 0 aliphatic rings. The number of hydrogen-bond acceptors (Lipinski definition) is 2. The molecule has 21 heavy (non-hydrogen) atoms. The molecule has 1 N–H and O–H groups in total. The van der Waals surface area contributed by atoms with Crippen LogP contribution in [0.25, 0.3) is 0 Å². The summed E-state index contributed by atoms with van der Waals surface area (Å²) >= 11 is 3.58. The van der Waals surface area contributed by atoms with Crippen molar-refractivity contribution in [3.8, 4) is 0 Å². The topological polar surface area (TPSA) is 29.9 Å². The first kappa shape index (κ1) is 16.2. The zero-order valence-electron chi connectivity index (χ0n) is 12.8. The molecule has 3 nitrogen and oxygen atoms in total. The number of halogens is 1. The fraction of sp³-hybridized carbons (Fsp3) is 0.471. The first-order chi connectivity index (χ1) is 10.2. The second kappa shape index (κ2) is 8.35. The van der Waals surface area contributed by atoms with Crippen molar-refractivity contribution < 1.29 is 0 Å². The van der Waals surface area contributed by atoms with Gasteiger partial charge < -0.3 is 5.32 Å². The number of hydrogen-bond donors (Lipinski definition) is 1. The molecule has 0 saturated heterocycles. The number of aromatic nitrogens is 2. The SMILES string of the molecule is CCCNCC(CCc1cnn(C)c1)c1cccc(Br)c1. The summed E-state index contributed by atoms with van der Waals surface area (Å²) in [6, 6.07) is 8.67. The van der Waals surface area contributed by atoms with Crippen LogP contribution in [0.1, 0.15) is 36.8 Å². The van der Waals surface area contributed by atoms with Crippen LogP contribution in [0.5, 0.6) is 0 Å². The average Bonchev–Trinajstić information content (AvgIpc) is 2.88. The molecule has 4 heteroatoms. The Morgan fingerprint density at radius 3 is 2.90 bits per heavy atom. The molecule has 1 aromatic heterocycles. The highest BCUT2D eigenvalue weighted by atomic mass is 79.9. The Morgan fingerprint density at radius 2 is 2.24 bits per heavy atom. The van der Waals surface area contributed by atoms with Gasteiger partial charge in [-0.3, -0.25) is 4.68 Å². The maximum Gasteiger partial charge on any atom is 0.0521 e. The highest BCUT2D eigenvalue weighted by molar-refractivity contribution is 9.10. The Balaban J connectivity index is 2.00. The van der Waals surface area contributed by atoms with Crippen molar-refractivity contribution in [2.45, 2.75) is 32.1 Å². The predicted molar refractivity (Wildman–Crippen MR) is 91.6 cm³/mol. The van der Waals surface area contributed by atoms with Crippen molar-refractivity contribution in [3.05, 3.63) is 52.3 Å². The third-order valence-corrected chi connectivity index (χ3v) is 4.17. The Bertz CT molecular complexity index is 550. The Morgan fingerprint density at radius 1 is 1.38 bits per heavy atom. The molecule has 0 saturated carbocycles. The van der Waals surface area contributed by atoms with Crippen LogP contribution in [0, 0.1) is 0 Å². The van der Waals surface area contributed by atoms with E-state index in [2.05, 4.69) is 63.7 Å². The molecule has 114 valence electrons. The Labute approximate surface area is 135 Å². The fourth-order valence-electron chi connectivity index (χ4n) is 2.54. The number of aryl methyl sites for hydroxylation is 2. The minimum Gasteiger partial charge on any atom is -0.316 e. The summed E-state index contributed by atoms with van der Waals surface area (Å²) in [4.78, 5) is 0. The molecule has 2 rings (SSSR count). The maximum atomic E-state index is 4.25. The third kappa shape index (κ3) is 5.29. The second-order valence-corrected chi connectivity index (χ2v) is 6.43. The van der Waals surface area contributed by atoms with E-state index >= 15 is 0 Å². The van der Waals surface area contributed by atoms with Crippen LogP contribution in [-0.4, -0.2) is 22.9 Å². The Hall–Kier alpha value is -1.13. The zero-order valence-corrected chi connectivity index (χ0v) is 14.4. The van der Waals surface area contributed by atoms with Gasteiger partial charge in [0.1, 0.15) is 0 Å². The van der Waals surface area contributed by atoms with Gasteiger partial charge in [-0.25, -0.2) is 0 Å². The van der Waals surface area contributed by atoms with Gasteiger partial charge in [0.25, 0.3) is 0 Å². The molecule has 1 atom stereocenters. The van der Waals surface area contributed by atoms with Crippen molar-refractivity contribution in [1.29, 1.82) is 0 Å². The standard InChI is InChI=1S/C17H24BrN3/c1-3-9-19-12-16(15-5-4-6-17(18)10-15)8-7-14-11-20-21(2)13-14/h4-6,10-11,13,16,19H,3,7-9,12H2,1-2H3. The highest BCUT2D eigenvalue weighted by Crippen LogP contribution is 2.24. The van der Waals surface area contributed by atoms with E-state index in [1.54, 1.807) is 0 Å². The molecule has 0 radical (unpaired) electrons. The lowest BCUT2D eigenvalue weighted by Gasteiger charge is -2.18. The third-order valence-electron chi connectivity index (χ3n) is 3.68. The molecule has 0 spiro atoms. The van der Waals surface area contributed by atoms with Gasteiger partial charge in [-0.1, -0.05) is 35.0 Å². The molecule has 1 unspecified atom stereocenters. The first-order valence-electron chi connectivity index (χ1n) is 7.62. The van der Waals surface area contributed by atoms with Crippen LogP contribution in [0.2, 0.25) is 0 Å². The smallest absolute Gasteiger partial charge is 0.0521 e. The molecular formula is C17H24BrN3. The van der Waals surface area contributed by atoms with E-state index in [4.69, 9.17) is 0 Å². The number of nitrogens with one attached hydrogen (secondary N) is 1. The number of benzene rings is 1. The summed E-state index contributed by atoms with van der Waals surface area (Å²) in [6.45, 7) is 4.32. The molecule has 0 aliphatic carbocycles. The van der Waals surface area contributed by atoms with E-state index in [-0.39, 0.29) is 0 Å². The average molecular weight is 350 g/mol. The summed E-state index contributed by atoms with van der Waals surface area (Å²) < 4.78 is 3.03. The van der Waals surface area contributed by atoms with Gasteiger partial charge in [-0.2, -0.15) is 5.10 Å². The van der Waals surface area contributed by atoms with Crippen molar-refractivity contribution in [2.75, 3.05) is 13.1 Å².